The lowest BCUT2D eigenvalue weighted by atomic mass is 9.82. The molecule has 1 aromatic rings. The Morgan fingerprint density at radius 3 is 2.26 bits per heavy atom. The number of ether oxygens (including phenoxy) is 1. The number of aromatic hydroxyl groups is 1. The van der Waals surface area contributed by atoms with E-state index in [-0.39, 0.29) is 5.60 Å². The molecular weight excluding hydrogens is 284 g/mol. The van der Waals surface area contributed by atoms with E-state index in [2.05, 4.69) is 26.3 Å². The van der Waals surface area contributed by atoms with Crippen LogP contribution in [0.25, 0.3) is 0 Å². The molecule has 0 spiro atoms. The van der Waals surface area contributed by atoms with E-state index >= 15 is 0 Å². The lowest BCUT2D eigenvalue weighted by Gasteiger charge is -2.39. The van der Waals surface area contributed by atoms with Crippen molar-refractivity contribution in [3.05, 3.63) is 73.4 Å². The van der Waals surface area contributed by atoms with Gasteiger partial charge in [0.15, 0.2) is 0 Å². The van der Waals surface area contributed by atoms with Crippen molar-refractivity contribution in [3.63, 3.8) is 0 Å². The fourth-order valence-corrected chi connectivity index (χ4v) is 3.39. The van der Waals surface area contributed by atoms with Gasteiger partial charge in [-0.1, -0.05) is 24.3 Å². The highest BCUT2D eigenvalue weighted by Gasteiger charge is 2.36. The minimum absolute atomic E-state index is 0.283. The summed E-state index contributed by atoms with van der Waals surface area (Å²) < 4.78 is 6.49. The third-order valence-corrected chi connectivity index (χ3v) is 4.44. The van der Waals surface area contributed by atoms with Gasteiger partial charge in [-0.25, -0.2) is 0 Å². The van der Waals surface area contributed by atoms with Gasteiger partial charge in [0.25, 0.3) is 0 Å². The first-order chi connectivity index (χ1) is 11.1. The van der Waals surface area contributed by atoms with E-state index in [1.54, 1.807) is 6.07 Å². The predicted molar refractivity (Wildman–Crippen MR) is 97.2 cm³/mol. The van der Waals surface area contributed by atoms with E-state index in [4.69, 9.17) is 4.74 Å². The molecule has 1 aliphatic rings. The quantitative estimate of drug-likeness (QED) is 0.680. The Hall–Kier alpha value is -2.22. The van der Waals surface area contributed by atoms with Gasteiger partial charge in [0.1, 0.15) is 17.1 Å². The maximum atomic E-state index is 10.4. The molecule has 1 N–H and O–H groups in total. The molecule has 1 heterocycles. The number of phenolic OH excluding ortho intramolecular Hbond substituents is 1. The predicted octanol–water partition coefficient (Wildman–Crippen LogP) is 5.07. The van der Waals surface area contributed by atoms with E-state index in [0.717, 1.165) is 48.1 Å². The highest BCUT2D eigenvalue weighted by Crippen LogP contribution is 2.44. The van der Waals surface area contributed by atoms with Crippen molar-refractivity contribution in [2.24, 2.45) is 0 Å². The topological polar surface area (TPSA) is 29.5 Å². The zero-order valence-electron chi connectivity index (χ0n) is 13.8. The highest BCUT2D eigenvalue weighted by molar-refractivity contribution is 5.55. The lowest BCUT2D eigenvalue weighted by molar-refractivity contribution is 0.0504. The van der Waals surface area contributed by atoms with E-state index in [9.17, 15) is 5.11 Å². The Kier molecular flexibility index (Phi) is 5.49. The van der Waals surface area contributed by atoms with Gasteiger partial charge in [-0.3, -0.25) is 0 Å². The Morgan fingerprint density at radius 2 is 1.70 bits per heavy atom. The monoisotopic (exact) mass is 310 g/mol. The third-order valence-electron chi connectivity index (χ3n) is 4.44. The average Bonchev–Trinajstić information content (AvgIpc) is 2.52. The molecule has 1 aromatic carbocycles. The van der Waals surface area contributed by atoms with E-state index < -0.39 is 0 Å². The summed E-state index contributed by atoms with van der Waals surface area (Å²) in [4.78, 5) is 0. The first kappa shape index (κ1) is 17.1. The number of phenols is 1. The summed E-state index contributed by atoms with van der Waals surface area (Å²) in [6.45, 7) is 15.4. The van der Waals surface area contributed by atoms with Crippen LogP contribution in [0.5, 0.6) is 11.5 Å². The molecule has 0 unspecified atom stereocenters. The van der Waals surface area contributed by atoms with Crippen molar-refractivity contribution in [1.29, 1.82) is 0 Å². The minimum atomic E-state index is -0.283. The Bertz CT molecular complexity index is 615. The summed E-state index contributed by atoms with van der Waals surface area (Å²) >= 11 is 0. The van der Waals surface area contributed by atoms with Gasteiger partial charge in [-0.15, -0.1) is 26.3 Å². The summed E-state index contributed by atoms with van der Waals surface area (Å²) in [6, 6.07) is 1.80. The van der Waals surface area contributed by atoms with Crippen LogP contribution in [-0.4, -0.2) is 10.7 Å². The van der Waals surface area contributed by atoms with Gasteiger partial charge in [0.2, 0.25) is 0 Å². The molecule has 0 saturated carbocycles. The maximum absolute atomic E-state index is 10.4. The minimum Gasteiger partial charge on any atom is -0.508 e. The number of hydrogen-bond acceptors (Lipinski definition) is 2. The average molecular weight is 310 g/mol. The van der Waals surface area contributed by atoms with Gasteiger partial charge < -0.3 is 9.84 Å². The lowest BCUT2D eigenvalue weighted by Crippen LogP contribution is -2.39. The van der Waals surface area contributed by atoms with E-state index in [1.165, 1.54) is 0 Å². The summed E-state index contributed by atoms with van der Waals surface area (Å²) in [6.07, 6.45) is 12.1. The zero-order chi connectivity index (χ0) is 16.9. The molecule has 2 rings (SSSR count). The standard InChI is InChI=1S/C21H26O2/c1-5-9-16-15-19(22)17(10-6-2)18-11-14-21(12-7-3,13-8-4)23-20(16)18/h5-8,15,22H,1-4,9-14H2. The second-order valence-corrected chi connectivity index (χ2v) is 6.10. The molecule has 2 nitrogen and oxygen atoms in total. The fourth-order valence-electron chi connectivity index (χ4n) is 3.39. The second kappa shape index (κ2) is 7.36. The number of allylic oxidation sites excluding steroid dienone is 2. The van der Waals surface area contributed by atoms with Crippen LogP contribution in [0.2, 0.25) is 0 Å². The number of fused-ring (bicyclic) bond motifs is 1. The molecule has 0 saturated heterocycles. The van der Waals surface area contributed by atoms with Gasteiger partial charge in [-0.2, -0.15) is 0 Å². The van der Waals surface area contributed by atoms with Crippen LogP contribution in [0.15, 0.2) is 56.7 Å². The highest BCUT2D eigenvalue weighted by atomic mass is 16.5. The summed E-state index contributed by atoms with van der Waals surface area (Å²) in [5, 5.41) is 10.4. The van der Waals surface area contributed by atoms with Gasteiger partial charge >= 0.3 is 0 Å². The fraction of sp³-hybridized carbons (Fsp3) is 0.333. The van der Waals surface area contributed by atoms with Crippen LogP contribution < -0.4 is 4.74 Å². The van der Waals surface area contributed by atoms with Crippen molar-refractivity contribution in [2.75, 3.05) is 0 Å². The van der Waals surface area contributed by atoms with Gasteiger partial charge in [0.05, 0.1) is 0 Å². The largest absolute Gasteiger partial charge is 0.508 e. The second-order valence-electron chi connectivity index (χ2n) is 6.10. The van der Waals surface area contributed by atoms with Gasteiger partial charge in [0, 0.05) is 29.5 Å². The molecule has 0 aromatic heterocycles. The van der Waals surface area contributed by atoms with E-state index in [1.807, 2.05) is 24.3 Å². The van der Waals surface area contributed by atoms with Gasteiger partial charge in [-0.05, 0) is 31.7 Å². The molecule has 2 heteroatoms. The molecule has 23 heavy (non-hydrogen) atoms. The molecule has 1 aliphatic heterocycles. The molecule has 0 bridgehead atoms. The van der Waals surface area contributed by atoms with Crippen molar-refractivity contribution in [3.8, 4) is 11.5 Å². The first-order valence-electron chi connectivity index (χ1n) is 8.10. The van der Waals surface area contributed by atoms with Crippen LogP contribution in [0.1, 0.15) is 36.0 Å². The molecular formula is C21H26O2. The smallest absolute Gasteiger partial charge is 0.127 e. The van der Waals surface area contributed by atoms with Crippen LogP contribution in [0.3, 0.4) is 0 Å². The van der Waals surface area contributed by atoms with Crippen molar-refractivity contribution < 1.29 is 9.84 Å². The molecule has 122 valence electrons. The van der Waals surface area contributed by atoms with Crippen LogP contribution in [0.4, 0.5) is 0 Å². The van der Waals surface area contributed by atoms with Crippen molar-refractivity contribution >= 4 is 0 Å². The SMILES string of the molecule is C=CCc1cc(O)c(CC=C)c2c1OC(CC=C)(CC=C)CC2. The summed E-state index contributed by atoms with van der Waals surface area (Å²) in [7, 11) is 0. The van der Waals surface area contributed by atoms with E-state index in [0.29, 0.717) is 18.6 Å². The molecule has 0 radical (unpaired) electrons. The Morgan fingerprint density at radius 1 is 1.04 bits per heavy atom. The summed E-state index contributed by atoms with van der Waals surface area (Å²) in [5.74, 6) is 1.22. The number of rotatable bonds is 8. The molecule has 0 aliphatic carbocycles. The number of benzene rings is 1. The van der Waals surface area contributed by atoms with Crippen molar-refractivity contribution in [1.82, 2.24) is 0 Å². The maximum Gasteiger partial charge on any atom is 0.127 e. The summed E-state index contributed by atoms with van der Waals surface area (Å²) in [5.41, 5.74) is 2.73. The van der Waals surface area contributed by atoms with Crippen LogP contribution in [-0.2, 0) is 19.3 Å². The molecule has 0 amide bonds. The zero-order valence-corrected chi connectivity index (χ0v) is 13.8. The Balaban J connectivity index is 2.55. The van der Waals surface area contributed by atoms with Crippen molar-refractivity contribution in [2.45, 2.75) is 44.1 Å². The first-order valence-corrected chi connectivity index (χ1v) is 8.10. The molecule has 0 atom stereocenters. The number of hydrogen-bond donors (Lipinski definition) is 1. The normalized spacial score (nSPS) is 15.1. The van der Waals surface area contributed by atoms with Crippen LogP contribution >= 0.6 is 0 Å². The Labute approximate surface area is 139 Å². The van der Waals surface area contributed by atoms with Crippen LogP contribution in [0, 0.1) is 0 Å². The third kappa shape index (κ3) is 3.42. The molecule has 0 fully saturated rings.